The minimum Gasteiger partial charge on any atom is -0.297 e. The molecule has 0 aliphatic carbocycles. The van der Waals surface area contributed by atoms with Gasteiger partial charge in [-0.1, -0.05) is 39.5 Å². The fourth-order valence-electron chi connectivity index (χ4n) is 1.23. The van der Waals surface area contributed by atoms with E-state index in [1.165, 1.54) is 32.1 Å². The Balaban J connectivity index is 3.05. The van der Waals surface area contributed by atoms with Crippen molar-refractivity contribution in [3.8, 4) is 0 Å². The van der Waals surface area contributed by atoms with Gasteiger partial charge in [0.15, 0.2) is 0 Å². The smallest absolute Gasteiger partial charge is 0.120 e. The van der Waals surface area contributed by atoms with Gasteiger partial charge in [-0.2, -0.15) is 0 Å². The second kappa shape index (κ2) is 10.7. The first kappa shape index (κ1) is 13.7. The summed E-state index contributed by atoms with van der Waals surface area (Å²) in [6, 6.07) is 0. The Kier molecular flexibility index (Phi) is 11.3. The summed E-state index contributed by atoms with van der Waals surface area (Å²) in [7, 11) is 0. The van der Waals surface area contributed by atoms with E-state index in [0.717, 1.165) is 13.0 Å². The van der Waals surface area contributed by atoms with E-state index in [2.05, 4.69) is 19.2 Å². The first-order valence-corrected chi connectivity index (χ1v) is 6.24. The third kappa shape index (κ3) is 8.97. The molecule has 0 spiro atoms. The van der Waals surface area contributed by atoms with Gasteiger partial charge in [0.05, 0.1) is 0 Å². The van der Waals surface area contributed by atoms with Crippen molar-refractivity contribution in [3.63, 3.8) is 0 Å². The SMILES string of the molecule is CCCCCCCNC(CC)OI. The van der Waals surface area contributed by atoms with E-state index in [1.54, 1.807) is 0 Å². The minimum absolute atomic E-state index is 0.242. The van der Waals surface area contributed by atoms with Crippen molar-refractivity contribution >= 4 is 23.0 Å². The second-order valence-corrected chi connectivity index (χ2v) is 3.86. The number of hydrogen-bond acceptors (Lipinski definition) is 2. The highest BCUT2D eigenvalue weighted by Crippen LogP contribution is 2.03. The summed E-state index contributed by atoms with van der Waals surface area (Å²) in [6.45, 7) is 5.47. The second-order valence-electron chi connectivity index (χ2n) is 3.35. The molecule has 3 heteroatoms. The topological polar surface area (TPSA) is 21.3 Å². The molecule has 2 nitrogen and oxygen atoms in total. The van der Waals surface area contributed by atoms with Gasteiger partial charge in [-0.25, -0.2) is 0 Å². The van der Waals surface area contributed by atoms with Crippen molar-refractivity contribution in [2.24, 2.45) is 0 Å². The molecule has 0 saturated carbocycles. The zero-order valence-electron chi connectivity index (χ0n) is 8.81. The van der Waals surface area contributed by atoms with Gasteiger partial charge in [0.1, 0.15) is 29.2 Å². The Morgan fingerprint density at radius 3 is 2.38 bits per heavy atom. The quantitative estimate of drug-likeness (QED) is 0.399. The lowest BCUT2D eigenvalue weighted by molar-refractivity contribution is 0.224. The summed E-state index contributed by atoms with van der Waals surface area (Å²) >= 11 is 1.96. The van der Waals surface area contributed by atoms with Gasteiger partial charge in [-0.05, 0) is 19.4 Å². The number of rotatable bonds is 9. The van der Waals surface area contributed by atoms with Gasteiger partial charge in [0.2, 0.25) is 0 Å². The van der Waals surface area contributed by atoms with E-state index in [-0.39, 0.29) is 6.23 Å². The fraction of sp³-hybridized carbons (Fsp3) is 1.00. The Hall–Kier alpha value is 0.650. The Morgan fingerprint density at radius 2 is 1.85 bits per heavy atom. The molecule has 0 bridgehead atoms. The van der Waals surface area contributed by atoms with Gasteiger partial charge in [0, 0.05) is 0 Å². The Morgan fingerprint density at radius 1 is 1.15 bits per heavy atom. The van der Waals surface area contributed by atoms with E-state index in [1.807, 2.05) is 23.0 Å². The summed E-state index contributed by atoms with van der Waals surface area (Å²) in [5.74, 6) is 0. The predicted octanol–water partition coefficient (Wildman–Crippen LogP) is 3.65. The zero-order chi connectivity index (χ0) is 9.94. The third-order valence-corrected chi connectivity index (χ3v) is 2.74. The highest BCUT2D eigenvalue weighted by molar-refractivity contribution is 14.1. The maximum absolute atomic E-state index is 5.19. The largest absolute Gasteiger partial charge is 0.297 e. The zero-order valence-corrected chi connectivity index (χ0v) is 11.0. The van der Waals surface area contributed by atoms with Crippen molar-refractivity contribution in [2.75, 3.05) is 6.54 Å². The maximum atomic E-state index is 5.19. The molecule has 0 radical (unpaired) electrons. The minimum atomic E-state index is 0.242. The van der Waals surface area contributed by atoms with Crippen molar-refractivity contribution < 1.29 is 3.07 Å². The van der Waals surface area contributed by atoms with Crippen LogP contribution in [0.15, 0.2) is 0 Å². The monoisotopic (exact) mass is 299 g/mol. The number of halogens is 1. The summed E-state index contributed by atoms with van der Waals surface area (Å²) in [6.07, 6.45) is 7.97. The van der Waals surface area contributed by atoms with E-state index < -0.39 is 0 Å². The van der Waals surface area contributed by atoms with E-state index in [0.29, 0.717) is 0 Å². The predicted molar refractivity (Wildman–Crippen MR) is 65.9 cm³/mol. The first-order chi connectivity index (χ1) is 6.35. The van der Waals surface area contributed by atoms with Crippen molar-refractivity contribution in [3.05, 3.63) is 0 Å². The maximum Gasteiger partial charge on any atom is 0.120 e. The van der Waals surface area contributed by atoms with Gasteiger partial charge in [-0.3, -0.25) is 8.38 Å². The van der Waals surface area contributed by atoms with Crippen LogP contribution in [0.5, 0.6) is 0 Å². The molecule has 0 fully saturated rings. The number of hydrogen-bond donors (Lipinski definition) is 1. The molecule has 1 N–H and O–H groups in total. The van der Waals surface area contributed by atoms with Crippen LogP contribution in [0, 0.1) is 0 Å². The highest BCUT2D eigenvalue weighted by atomic mass is 127. The summed E-state index contributed by atoms with van der Waals surface area (Å²) in [5, 5.41) is 3.37. The molecule has 0 heterocycles. The van der Waals surface area contributed by atoms with Crippen LogP contribution in [0.25, 0.3) is 0 Å². The molecule has 0 amide bonds. The molecular weight excluding hydrogens is 277 g/mol. The van der Waals surface area contributed by atoms with Crippen LogP contribution in [0.2, 0.25) is 0 Å². The van der Waals surface area contributed by atoms with Gasteiger partial charge >= 0.3 is 0 Å². The average Bonchev–Trinajstić information content (AvgIpc) is 2.17. The molecule has 80 valence electrons. The van der Waals surface area contributed by atoms with Gasteiger partial charge < -0.3 is 0 Å². The van der Waals surface area contributed by atoms with Crippen LogP contribution in [-0.2, 0) is 3.07 Å². The standard InChI is InChI=1S/C10H22INO/c1-3-5-6-7-8-9-12-10(4-2)13-11/h10,12H,3-9H2,1-2H3. The van der Waals surface area contributed by atoms with Crippen LogP contribution in [0.3, 0.4) is 0 Å². The van der Waals surface area contributed by atoms with Crippen LogP contribution in [0.4, 0.5) is 0 Å². The molecule has 0 aromatic carbocycles. The normalized spacial score (nSPS) is 13.2. The van der Waals surface area contributed by atoms with Crippen LogP contribution < -0.4 is 5.32 Å². The molecule has 1 atom stereocenters. The van der Waals surface area contributed by atoms with Crippen LogP contribution in [0.1, 0.15) is 52.4 Å². The molecule has 0 saturated heterocycles. The summed E-state index contributed by atoms with van der Waals surface area (Å²) in [5.41, 5.74) is 0. The average molecular weight is 299 g/mol. The molecule has 13 heavy (non-hydrogen) atoms. The van der Waals surface area contributed by atoms with Gasteiger partial charge in [-0.15, -0.1) is 0 Å². The van der Waals surface area contributed by atoms with Crippen LogP contribution >= 0.6 is 23.0 Å². The molecular formula is C10H22INO. The lowest BCUT2D eigenvalue weighted by Crippen LogP contribution is -2.29. The van der Waals surface area contributed by atoms with Gasteiger partial charge in [0.25, 0.3) is 0 Å². The Bertz CT molecular complexity index is 96.9. The first-order valence-electron chi connectivity index (χ1n) is 5.35. The number of nitrogens with one attached hydrogen (secondary N) is 1. The Labute approximate surface area is 96.5 Å². The molecule has 0 rings (SSSR count). The lowest BCUT2D eigenvalue weighted by Gasteiger charge is -2.12. The number of unbranched alkanes of at least 4 members (excludes halogenated alkanes) is 4. The molecule has 0 aromatic heterocycles. The van der Waals surface area contributed by atoms with Crippen molar-refractivity contribution in [2.45, 2.75) is 58.6 Å². The molecule has 1 unspecified atom stereocenters. The lowest BCUT2D eigenvalue weighted by atomic mass is 10.1. The molecule has 0 aromatic rings. The third-order valence-electron chi connectivity index (χ3n) is 2.13. The molecule has 0 aliphatic rings. The van der Waals surface area contributed by atoms with E-state index >= 15 is 0 Å². The van der Waals surface area contributed by atoms with Crippen molar-refractivity contribution in [1.82, 2.24) is 5.32 Å². The van der Waals surface area contributed by atoms with Crippen LogP contribution in [-0.4, -0.2) is 12.8 Å². The van der Waals surface area contributed by atoms with E-state index in [9.17, 15) is 0 Å². The van der Waals surface area contributed by atoms with E-state index in [4.69, 9.17) is 3.07 Å². The fourth-order valence-corrected chi connectivity index (χ4v) is 1.77. The summed E-state index contributed by atoms with van der Waals surface area (Å²) < 4.78 is 5.19. The van der Waals surface area contributed by atoms with Crippen molar-refractivity contribution in [1.29, 1.82) is 0 Å². The molecule has 0 aliphatic heterocycles. The summed E-state index contributed by atoms with van der Waals surface area (Å²) in [4.78, 5) is 0. The highest BCUT2D eigenvalue weighted by Gasteiger charge is 2.01.